The lowest BCUT2D eigenvalue weighted by atomic mass is 10.0. The van der Waals surface area contributed by atoms with Crippen molar-refractivity contribution < 1.29 is 29.3 Å². The Morgan fingerprint density at radius 1 is 0.920 bits per heavy atom. The summed E-state index contributed by atoms with van der Waals surface area (Å²) in [4.78, 5) is 27.0. The number of nitrogens with zero attached hydrogens (tertiary/aromatic N) is 1. The predicted molar refractivity (Wildman–Crippen MR) is 192 cm³/mol. The first kappa shape index (κ1) is 33.6. The molecule has 0 unspecified atom stereocenters. The highest BCUT2D eigenvalue weighted by atomic mass is 16.6. The summed E-state index contributed by atoms with van der Waals surface area (Å²) in [7, 11) is 0. The van der Waals surface area contributed by atoms with Crippen molar-refractivity contribution in [3.05, 3.63) is 108 Å². The Hall–Kier alpha value is -4.90. The Balaban J connectivity index is 0.803. The smallest absolute Gasteiger partial charge is 0.411 e. The van der Waals surface area contributed by atoms with Crippen LogP contribution in [0.5, 0.6) is 11.5 Å². The van der Waals surface area contributed by atoms with Gasteiger partial charge in [-0.2, -0.15) is 0 Å². The molecule has 0 bridgehead atoms. The molecule has 1 saturated heterocycles. The Bertz CT molecular complexity index is 1790. The zero-order valence-electron chi connectivity index (χ0n) is 28.0. The molecule has 260 valence electrons. The molecule has 4 aromatic rings. The van der Waals surface area contributed by atoms with E-state index in [9.17, 15) is 19.8 Å². The highest BCUT2D eigenvalue weighted by Crippen LogP contribution is 2.42. The molecule has 7 rings (SSSR count). The summed E-state index contributed by atoms with van der Waals surface area (Å²) < 4.78 is 11.4. The van der Waals surface area contributed by atoms with E-state index >= 15 is 0 Å². The number of ether oxygens (including phenoxy) is 2. The zero-order chi connectivity index (χ0) is 34.5. The SMILES string of the molecule is O=C1COc2c([C@@H](O)CNCCc3ccc(CCN4C[C@H]5C[C@H](OC(=O)Nc6ccccc6-c6ccccc6)C[C@H]5C4)cc3)ccc(O)c2N1. The Morgan fingerprint density at radius 2 is 1.62 bits per heavy atom. The molecule has 10 nitrogen and oxygen atoms in total. The van der Waals surface area contributed by atoms with Gasteiger partial charge in [0.05, 0.1) is 11.8 Å². The molecular formula is C40H44N4O6. The Morgan fingerprint density at radius 3 is 2.38 bits per heavy atom. The van der Waals surface area contributed by atoms with Crippen LogP contribution in [0.4, 0.5) is 16.2 Å². The highest BCUT2D eigenvalue weighted by Gasteiger charge is 2.42. The Kier molecular flexibility index (Phi) is 10.3. The van der Waals surface area contributed by atoms with Crippen LogP contribution in [-0.4, -0.2) is 72.5 Å². The van der Waals surface area contributed by atoms with Crippen molar-refractivity contribution in [3.8, 4) is 22.6 Å². The van der Waals surface area contributed by atoms with Gasteiger partial charge in [-0.1, -0.05) is 72.8 Å². The van der Waals surface area contributed by atoms with Gasteiger partial charge < -0.3 is 35.2 Å². The molecule has 5 N–H and O–H groups in total. The third-order valence-corrected chi connectivity index (χ3v) is 10.1. The second kappa shape index (κ2) is 15.3. The lowest BCUT2D eigenvalue weighted by molar-refractivity contribution is -0.118. The van der Waals surface area contributed by atoms with Crippen LogP contribution in [0.3, 0.4) is 0 Å². The van der Waals surface area contributed by atoms with Crippen molar-refractivity contribution in [2.24, 2.45) is 11.8 Å². The topological polar surface area (TPSA) is 132 Å². The monoisotopic (exact) mass is 676 g/mol. The number of hydrogen-bond donors (Lipinski definition) is 5. The van der Waals surface area contributed by atoms with E-state index < -0.39 is 6.10 Å². The van der Waals surface area contributed by atoms with E-state index in [1.165, 1.54) is 17.2 Å². The number of amides is 2. The number of anilines is 2. The second-order valence-electron chi connectivity index (χ2n) is 13.6. The number of aliphatic hydroxyl groups excluding tert-OH is 1. The summed E-state index contributed by atoms with van der Waals surface area (Å²) in [6.07, 6.45) is 2.37. The maximum atomic E-state index is 12.9. The molecule has 2 heterocycles. The van der Waals surface area contributed by atoms with Crippen LogP contribution in [0.1, 0.15) is 35.6 Å². The van der Waals surface area contributed by atoms with Crippen molar-refractivity contribution in [2.75, 3.05) is 50.0 Å². The van der Waals surface area contributed by atoms with Gasteiger partial charge in [-0.3, -0.25) is 10.1 Å². The summed E-state index contributed by atoms with van der Waals surface area (Å²) in [6.45, 7) is 3.97. The standard InChI is InChI=1S/C40H44N4O6/c45-35-15-14-33(39-38(35)43-37(47)25-49-39)36(46)22-41-18-16-26-10-12-27(13-11-26)17-19-44-23-29-20-31(21-30(29)24-44)50-40(48)42-34-9-5-4-8-32(34)28-6-2-1-3-7-28/h1-15,29-31,36,41,45-46H,16-25H2,(H,42,48)(H,43,47)/t29-,30+,31+,36-/m0/s1. The van der Waals surface area contributed by atoms with Gasteiger partial charge in [0, 0.05) is 37.3 Å². The van der Waals surface area contributed by atoms with Crippen LogP contribution in [0.25, 0.3) is 11.1 Å². The summed E-state index contributed by atoms with van der Waals surface area (Å²) in [5.74, 6) is 1.00. The number of carbonyl (C=O) groups is 2. The zero-order valence-corrected chi connectivity index (χ0v) is 28.0. The number of aromatic hydroxyl groups is 1. The van der Waals surface area contributed by atoms with Gasteiger partial charge in [0.15, 0.2) is 12.4 Å². The molecule has 4 aromatic carbocycles. The summed E-state index contributed by atoms with van der Waals surface area (Å²) in [5, 5.41) is 29.7. The van der Waals surface area contributed by atoms with Crippen molar-refractivity contribution in [1.82, 2.24) is 10.2 Å². The van der Waals surface area contributed by atoms with Crippen molar-refractivity contribution in [2.45, 2.75) is 37.9 Å². The minimum Gasteiger partial charge on any atom is -0.506 e. The van der Waals surface area contributed by atoms with E-state index in [-0.39, 0.29) is 36.1 Å². The van der Waals surface area contributed by atoms with Gasteiger partial charge in [-0.15, -0.1) is 0 Å². The average molecular weight is 677 g/mol. The molecule has 4 atom stereocenters. The van der Waals surface area contributed by atoms with Gasteiger partial charge in [0.1, 0.15) is 17.5 Å². The minimum atomic E-state index is -0.849. The fourth-order valence-corrected chi connectivity index (χ4v) is 7.55. The number of hydrogen-bond acceptors (Lipinski definition) is 8. The molecule has 3 aliphatic rings. The number of likely N-dealkylation sites (tertiary alicyclic amines) is 1. The van der Waals surface area contributed by atoms with E-state index in [2.05, 4.69) is 45.1 Å². The van der Waals surface area contributed by atoms with Crippen LogP contribution < -0.4 is 20.7 Å². The van der Waals surface area contributed by atoms with E-state index in [4.69, 9.17) is 9.47 Å². The number of phenolic OH excluding ortho intramolecular Hbond substituents is 1. The molecule has 10 heteroatoms. The molecule has 1 aliphatic carbocycles. The van der Waals surface area contributed by atoms with Crippen molar-refractivity contribution >= 4 is 23.4 Å². The van der Waals surface area contributed by atoms with Crippen molar-refractivity contribution in [3.63, 3.8) is 0 Å². The summed E-state index contributed by atoms with van der Waals surface area (Å²) in [6, 6.07) is 29.7. The fourth-order valence-electron chi connectivity index (χ4n) is 7.55. The molecule has 2 amide bonds. The highest BCUT2D eigenvalue weighted by molar-refractivity contribution is 5.97. The van der Waals surface area contributed by atoms with Crippen LogP contribution >= 0.6 is 0 Å². The van der Waals surface area contributed by atoms with Crippen molar-refractivity contribution in [1.29, 1.82) is 0 Å². The maximum Gasteiger partial charge on any atom is 0.411 e. The summed E-state index contributed by atoms with van der Waals surface area (Å²) >= 11 is 0. The number of benzene rings is 4. The molecule has 1 saturated carbocycles. The first-order valence-corrected chi connectivity index (χ1v) is 17.5. The third-order valence-electron chi connectivity index (χ3n) is 10.1. The number of carbonyl (C=O) groups excluding carboxylic acids is 2. The van der Waals surface area contributed by atoms with E-state index in [0.29, 0.717) is 36.2 Å². The Labute approximate surface area is 292 Å². The third kappa shape index (κ3) is 7.94. The largest absolute Gasteiger partial charge is 0.506 e. The first-order chi connectivity index (χ1) is 24.4. The van der Waals surface area contributed by atoms with Crippen LogP contribution in [0.2, 0.25) is 0 Å². The fraction of sp³-hybridized carbons (Fsp3) is 0.350. The molecule has 2 fully saturated rings. The van der Waals surface area contributed by atoms with Gasteiger partial charge in [0.2, 0.25) is 0 Å². The number of para-hydroxylation sites is 1. The van der Waals surface area contributed by atoms with Gasteiger partial charge in [-0.05, 0) is 79.0 Å². The van der Waals surface area contributed by atoms with Gasteiger partial charge >= 0.3 is 6.09 Å². The summed E-state index contributed by atoms with van der Waals surface area (Å²) in [5.41, 5.74) is 6.04. The minimum absolute atomic E-state index is 0.0438. The molecule has 0 aromatic heterocycles. The molecule has 2 aliphatic heterocycles. The number of aliphatic hydroxyl groups is 1. The van der Waals surface area contributed by atoms with E-state index in [0.717, 1.165) is 62.1 Å². The molecular weight excluding hydrogens is 632 g/mol. The number of fused-ring (bicyclic) bond motifs is 2. The quantitative estimate of drug-likeness (QED) is 0.0946. The maximum absolute atomic E-state index is 12.9. The van der Waals surface area contributed by atoms with Gasteiger partial charge in [-0.25, -0.2) is 4.79 Å². The van der Waals surface area contributed by atoms with E-state index in [1.54, 1.807) is 6.07 Å². The van der Waals surface area contributed by atoms with Gasteiger partial charge in [0.25, 0.3) is 5.91 Å². The number of rotatable bonds is 12. The molecule has 0 radical (unpaired) electrons. The van der Waals surface area contributed by atoms with Crippen LogP contribution in [0.15, 0.2) is 91.0 Å². The predicted octanol–water partition coefficient (Wildman–Crippen LogP) is 5.76. The second-order valence-corrected chi connectivity index (χ2v) is 13.6. The first-order valence-electron chi connectivity index (χ1n) is 17.5. The molecule has 50 heavy (non-hydrogen) atoms. The van der Waals surface area contributed by atoms with Crippen LogP contribution in [0, 0.1) is 11.8 Å². The lowest BCUT2D eigenvalue weighted by Gasteiger charge is -2.24. The number of phenols is 1. The van der Waals surface area contributed by atoms with Crippen LogP contribution in [-0.2, 0) is 22.4 Å². The average Bonchev–Trinajstić information content (AvgIpc) is 3.69. The molecule has 0 spiro atoms. The normalized spacial score (nSPS) is 20.3. The number of nitrogens with one attached hydrogen (secondary N) is 3. The van der Waals surface area contributed by atoms with E-state index in [1.807, 2.05) is 54.6 Å². The lowest BCUT2D eigenvalue weighted by Crippen LogP contribution is -2.28.